The Morgan fingerprint density at radius 2 is 2.05 bits per heavy atom. The van der Waals surface area contributed by atoms with Crippen LogP contribution in [0.25, 0.3) is 0 Å². The molecule has 0 spiro atoms. The minimum atomic E-state index is 0.350. The van der Waals surface area contributed by atoms with Crippen LogP contribution >= 0.6 is 34.5 Å². The van der Waals surface area contributed by atoms with E-state index >= 15 is 0 Å². The molecule has 19 heavy (non-hydrogen) atoms. The molecule has 0 saturated carbocycles. The van der Waals surface area contributed by atoms with E-state index in [2.05, 4.69) is 15.7 Å². The molecule has 0 aliphatic carbocycles. The van der Waals surface area contributed by atoms with Crippen LogP contribution in [-0.4, -0.2) is 18.1 Å². The van der Waals surface area contributed by atoms with Crippen molar-refractivity contribution in [2.75, 3.05) is 7.05 Å². The lowest BCUT2D eigenvalue weighted by atomic mass is 10.0. The second kappa shape index (κ2) is 6.71. The first-order valence-corrected chi connectivity index (χ1v) is 7.74. The normalized spacial score (nSPS) is 12.6. The van der Waals surface area contributed by atoms with Gasteiger partial charge in [-0.15, -0.1) is 11.3 Å². The van der Waals surface area contributed by atoms with Crippen LogP contribution in [0.5, 0.6) is 0 Å². The number of aryl methyl sites for hydroxylation is 1. The van der Waals surface area contributed by atoms with Crippen molar-refractivity contribution in [2.45, 2.75) is 25.8 Å². The number of thiazole rings is 1. The highest BCUT2D eigenvalue weighted by Gasteiger charge is 2.11. The highest BCUT2D eigenvalue weighted by Crippen LogP contribution is 2.23. The minimum Gasteiger partial charge on any atom is -0.316 e. The average Bonchev–Trinajstić information content (AvgIpc) is 2.78. The van der Waals surface area contributed by atoms with Gasteiger partial charge in [0.1, 0.15) is 0 Å². The molecule has 2 aromatic rings. The summed E-state index contributed by atoms with van der Waals surface area (Å²) in [6.07, 6.45) is 1.83. The fourth-order valence-electron chi connectivity index (χ4n) is 1.93. The average molecular weight is 315 g/mol. The lowest BCUT2D eigenvalue weighted by Crippen LogP contribution is -2.29. The number of benzene rings is 1. The number of halogens is 2. The van der Waals surface area contributed by atoms with Gasteiger partial charge in [0.2, 0.25) is 0 Å². The number of hydrogen-bond acceptors (Lipinski definition) is 3. The Morgan fingerprint density at radius 1 is 1.26 bits per heavy atom. The molecule has 0 bridgehead atoms. The van der Waals surface area contributed by atoms with E-state index in [1.807, 2.05) is 32.2 Å². The van der Waals surface area contributed by atoms with E-state index in [9.17, 15) is 0 Å². The van der Waals surface area contributed by atoms with Crippen LogP contribution in [0.15, 0.2) is 23.6 Å². The molecule has 0 amide bonds. The Kier molecular flexibility index (Phi) is 5.22. The van der Waals surface area contributed by atoms with Gasteiger partial charge in [-0.1, -0.05) is 29.3 Å². The van der Waals surface area contributed by atoms with Gasteiger partial charge in [-0.3, -0.25) is 0 Å². The number of rotatable bonds is 5. The predicted octanol–water partition coefficient (Wildman–Crippen LogP) is 4.13. The summed E-state index contributed by atoms with van der Waals surface area (Å²) in [5.74, 6) is 0. The second-order valence-electron chi connectivity index (χ2n) is 4.52. The summed E-state index contributed by atoms with van der Waals surface area (Å²) in [5, 5.41) is 7.79. The van der Waals surface area contributed by atoms with E-state index in [1.54, 1.807) is 11.3 Å². The Hall–Kier alpha value is -0.610. The smallest absolute Gasteiger partial charge is 0.0943 e. The van der Waals surface area contributed by atoms with Crippen LogP contribution in [0.3, 0.4) is 0 Å². The maximum atomic E-state index is 6.04. The second-order valence-corrected chi connectivity index (χ2v) is 6.28. The molecule has 1 atom stereocenters. The third kappa shape index (κ3) is 4.18. The zero-order valence-electron chi connectivity index (χ0n) is 10.9. The molecule has 1 unspecified atom stereocenters. The highest BCUT2D eigenvalue weighted by molar-refractivity contribution is 7.09. The molecule has 0 radical (unpaired) electrons. The fourth-order valence-corrected chi connectivity index (χ4v) is 3.11. The monoisotopic (exact) mass is 314 g/mol. The molecule has 102 valence electrons. The summed E-state index contributed by atoms with van der Waals surface area (Å²) in [4.78, 5) is 4.50. The largest absolute Gasteiger partial charge is 0.316 e. The summed E-state index contributed by atoms with van der Waals surface area (Å²) in [5.41, 5.74) is 2.27. The van der Waals surface area contributed by atoms with Crippen molar-refractivity contribution >= 4 is 34.5 Å². The van der Waals surface area contributed by atoms with Gasteiger partial charge in [0.15, 0.2) is 0 Å². The van der Waals surface area contributed by atoms with Gasteiger partial charge in [0.05, 0.1) is 15.1 Å². The minimum absolute atomic E-state index is 0.350. The van der Waals surface area contributed by atoms with E-state index < -0.39 is 0 Å². The Bertz CT molecular complexity index is 554. The van der Waals surface area contributed by atoms with Gasteiger partial charge >= 0.3 is 0 Å². The Labute approximate surface area is 127 Å². The van der Waals surface area contributed by atoms with Crippen LogP contribution in [0.1, 0.15) is 16.3 Å². The first kappa shape index (κ1) is 14.8. The molecule has 1 aromatic carbocycles. The van der Waals surface area contributed by atoms with Gasteiger partial charge in [-0.2, -0.15) is 0 Å². The van der Waals surface area contributed by atoms with E-state index in [0.717, 1.165) is 23.5 Å². The number of aromatic nitrogens is 1. The van der Waals surface area contributed by atoms with E-state index in [0.29, 0.717) is 16.1 Å². The SMILES string of the molecule is CNC(Cc1ccc(Cl)c(Cl)c1)Cc1nc(C)cs1. The van der Waals surface area contributed by atoms with Crippen molar-refractivity contribution < 1.29 is 0 Å². The van der Waals surface area contributed by atoms with E-state index in [4.69, 9.17) is 23.2 Å². The van der Waals surface area contributed by atoms with Crippen molar-refractivity contribution in [1.29, 1.82) is 0 Å². The maximum Gasteiger partial charge on any atom is 0.0943 e. The van der Waals surface area contributed by atoms with E-state index in [1.165, 1.54) is 5.56 Å². The molecule has 0 aliphatic rings. The molecule has 1 heterocycles. The topological polar surface area (TPSA) is 24.9 Å². The lowest BCUT2D eigenvalue weighted by molar-refractivity contribution is 0.555. The molecule has 5 heteroatoms. The molecule has 0 aliphatic heterocycles. The predicted molar refractivity (Wildman–Crippen MR) is 83.6 cm³/mol. The molecule has 2 nitrogen and oxygen atoms in total. The summed E-state index contributed by atoms with van der Waals surface area (Å²) in [7, 11) is 1.97. The number of nitrogens with one attached hydrogen (secondary N) is 1. The molecule has 2 rings (SSSR count). The third-order valence-corrected chi connectivity index (χ3v) is 4.69. The van der Waals surface area contributed by atoms with Gasteiger partial charge in [-0.05, 0) is 38.1 Å². The first-order valence-electron chi connectivity index (χ1n) is 6.10. The maximum absolute atomic E-state index is 6.04. The summed E-state index contributed by atoms with van der Waals surface area (Å²) >= 11 is 13.7. The highest BCUT2D eigenvalue weighted by atomic mass is 35.5. The standard InChI is InChI=1S/C14H16Cl2N2S/c1-9-8-19-14(18-9)7-11(17-2)5-10-3-4-12(15)13(16)6-10/h3-4,6,8,11,17H,5,7H2,1-2H3. The quantitative estimate of drug-likeness (QED) is 0.897. The molecule has 0 fully saturated rings. The van der Waals surface area contributed by atoms with Crippen molar-refractivity contribution in [3.05, 3.63) is 49.9 Å². The molecular weight excluding hydrogens is 299 g/mol. The van der Waals surface area contributed by atoms with Gasteiger partial charge in [0, 0.05) is 23.5 Å². The van der Waals surface area contributed by atoms with Crippen LogP contribution in [-0.2, 0) is 12.8 Å². The van der Waals surface area contributed by atoms with Crippen LogP contribution in [0, 0.1) is 6.92 Å². The Balaban J connectivity index is 2.04. The van der Waals surface area contributed by atoms with Crippen molar-refractivity contribution in [2.24, 2.45) is 0 Å². The zero-order valence-corrected chi connectivity index (χ0v) is 13.2. The van der Waals surface area contributed by atoms with Crippen molar-refractivity contribution in [3.8, 4) is 0 Å². The van der Waals surface area contributed by atoms with Gasteiger partial charge in [-0.25, -0.2) is 4.98 Å². The van der Waals surface area contributed by atoms with E-state index in [-0.39, 0.29) is 0 Å². The Morgan fingerprint density at radius 3 is 2.63 bits per heavy atom. The van der Waals surface area contributed by atoms with Gasteiger partial charge in [0.25, 0.3) is 0 Å². The van der Waals surface area contributed by atoms with Crippen LogP contribution in [0.2, 0.25) is 10.0 Å². The third-order valence-electron chi connectivity index (χ3n) is 2.96. The molecule has 1 aromatic heterocycles. The van der Waals surface area contributed by atoms with Gasteiger partial charge < -0.3 is 5.32 Å². The lowest BCUT2D eigenvalue weighted by Gasteiger charge is -2.15. The van der Waals surface area contributed by atoms with Crippen LogP contribution in [0.4, 0.5) is 0 Å². The molecular formula is C14H16Cl2N2S. The van der Waals surface area contributed by atoms with Crippen LogP contribution < -0.4 is 5.32 Å². The van der Waals surface area contributed by atoms with Crippen molar-refractivity contribution in [1.82, 2.24) is 10.3 Å². The molecule has 0 saturated heterocycles. The summed E-state index contributed by atoms with van der Waals surface area (Å²) < 4.78 is 0. The number of nitrogens with zero attached hydrogens (tertiary/aromatic N) is 1. The number of hydrogen-bond donors (Lipinski definition) is 1. The zero-order chi connectivity index (χ0) is 13.8. The summed E-state index contributed by atoms with van der Waals surface area (Å²) in [6, 6.07) is 6.15. The summed E-state index contributed by atoms with van der Waals surface area (Å²) in [6.45, 7) is 2.02. The number of likely N-dealkylation sites (N-methyl/N-ethyl adjacent to an activating group) is 1. The first-order chi connectivity index (χ1) is 9.08. The van der Waals surface area contributed by atoms with Crippen molar-refractivity contribution in [3.63, 3.8) is 0 Å². The molecule has 1 N–H and O–H groups in total. The fraction of sp³-hybridized carbons (Fsp3) is 0.357.